The number of hydrogen-bond donors (Lipinski definition) is 0. The standard InChI is InChI=1S/C58H36N2.C52H32N2/c1-2-16-37(17-3-1)57-46-24-8-10-26-48(46)58(49-27-11-9-25-47(49)57)60-53-29-15-13-23-45(53)51-35-39(31-33-55(51)60)38-30-32-54-50(34-38)44-22-12-14-28-52(44)59(54)56-36-40-18-4-5-19-41(40)42-20-6-7-21-43(42)56;1-3-15-37-35(13-1)31-51(41-19-7-5-17-39(37)41)53-47-23-11-9-21-43(47)45-29-33(25-27-49(45)53)34-26-28-50-46(30-34)44-22-10-12-24-48(44)54(50)52-32-36-14-2-4-16-38(36)40-18-6-8-20-42(40)52/h1-36H;1-32H. The van der Waals surface area contributed by atoms with Crippen molar-refractivity contribution in [3.05, 3.63) is 413 Å². The Bertz CT molecular complexity index is 8080. The molecule has 0 N–H and O–H groups in total. The average molecular weight is 1450 g/mol. The average Bonchev–Trinajstić information content (AvgIpc) is 1.41. The van der Waals surface area contributed by atoms with Gasteiger partial charge in [-0.05, 0) is 184 Å². The molecule has 0 atom stereocenters. The van der Waals surface area contributed by atoms with Gasteiger partial charge in [0.25, 0.3) is 0 Å². The lowest BCUT2D eigenvalue weighted by molar-refractivity contribution is 1.20. The van der Waals surface area contributed by atoms with Gasteiger partial charge < -0.3 is 18.3 Å². The summed E-state index contributed by atoms with van der Waals surface area (Å²) in [5, 5.41) is 30.2. The monoisotopic (exact) mass is 1440 g/mol. The van der Waals surface area contributed by atoms with Gasteiger partial charge in [-0.1, -0.05) is 322 Å². The van der Waals surface area contributed by atoms with Gasteiger partial charge in [0.2, 0.25) is 0 Å². The van der Waals surface area contributed by atoms with Crippen LogP contribution in [-0.4, -0.2) is 18.3 Å². The lowest BCUT2D eigenvalue weighted by Crippen LogP contribution is -1.99. The van der Waals surface area contributed by atoms with E-state index in [1.54, 1.807) is 0 Å². The largest absolute Gasteiger partial charge is 0.309 e. The maximum absolute atomic E-state index is 2.51. The highest BCUT2D eigenvalue weighted by molar-refractivity contribution is 6.24. The molecule has 0 saturated carbocycles. The van der Waals surface area contributed by atoms with Gasteiger partial charge >= 0.3 is 0 Å². The van der Waals surface area contributed by atoms with Gasteiger partial charge in [-0.3, -0.25) is 0 Å². The molecule has 4 aromatic heterocycles. The second-order valence-electron chi connectivity index (χ2n) is 30.5. The van der Waals surface area contributed by atoms with E-state index in [0.717, 1.165) is 0 Å². The fourth-order valence-corrected chi connectivity index (χ4v) is 19.6. The van der Waals surface area contributed by atoms with Crippen molar-refractivity contribution in [2.45, 2.75) is 0 Å². The van der Waals surface area contributed by atoms with Crippen molar-refractivity contribution < 1.29 is 0 Å². The van der Waals surface area contributed by atoms with Crippen LogP contribution in [0.1, 0.15) is 0 Å². The molecule has 0 unspecified atom stereocenters. The van der Waals surface area contributed by atoms with Crippen LogP contribution in [0.15, 0.2) is 413 Å². The molecule has 0 fully saturated rings. The quantitative estimate of drug-likeness (QED) is 0.112. The molecule has 528 valence electrons. The van der Waals surface area contributed by atoms with Crippen molar-refractivity contribution in [3.8, 4) is 56.1 Å². The van der Waals surface area contributed by atoms with Gasteiger partial charge in [-0.25, -0.2) is 0 Å². The van der Waals surface area contributed by atoms with E-state index in [4.69, 9.17) is 0 Å². The lowest BCUT2D eigenvalue weighted by atomic mass is 9.90. The van der Waals surface area contributed by atoms with Crippen LogP contribution in [0.4, 0.5) is 0 Å². The molecule has 0 aliphatic heterocycles. The molecule has 4 nitrogen and oxygen atoms in total. The van der Waals surface area contributed by atoms with Crippen molar-refractivity contribution in [2.24, 2.45) is 0 Å². The molecule has 25 aromatic rings. The molecule has 0 saturated heterocycles. The minimum atomic E-state index is 1.20. The highest BCUT2D eigenvalue weighted by Crippen LogP contribution is 2.48. The van der Waals surface area contributed by atoms with Crippen LogP contribution in [0, 0.1) is 0 Å². The third kappa shape index (κ3) is 9.59. The first-order valence-electron chi connectivity index (χ1n) is 39.5. The van der Waals surface area contributed by atoms with Crippen LogP contribution in [0.2, 0.25) is 0 Å². The Morgan fingerprint density at radius 1 is 0.123 bits per heavy atom. The van der Waals surface area contributed by atoms with E-state index < -0.39 is 0 Å². The van der Waals surface area contributed by atoms with Crippen LogP contribution in [-0.2, 0) is 0 Å². The lowest BCUT2D eigenvalue weighted by Gasteiger charge is -2.19. The zero-order chi connectivity index (χ0) is 74.6. The SMILES string of the molecule is c1ccc(-c2c3ccccc3c(-n3c4ccccc4c4cc(-c5ccc6c(c5)c5ccccc5n6-c5cc6ccccc6c6ccccc56)ccc43)c3ccccc23)cc1.c1ccc2c(c1)cc(-n1c3ccccc3c3cc(-c4ccc5c(c4)c4ccccc4n5-c4cc5ccccc5c5ccccc45)ccc31)c1ccccc12. The number of benzene rings is 21. The number of hydrogen-bond acceptors (Lipinski definition) is 0. The van der Waals surface area contributed by atoms with Crippen LogP contribution in [0.5, 0.6) is 0 Å². The summed E-state index contributed by atoms with van der Waals surface area (Å²) in [5.74, 6) is 0. The normalized spacial score (nSPS) is 12.0. The van der Waals surface area contributed by atoms with Gasteiger partial charge in [0.15, 0.2) is 0 Å². The molecule has 21 aromatic carbocycles. The Morgan fingerprint density at radius 3 is 0.675 bits per heavy atom. The Kier molecular flexibility index (Phi) is 14.1. The zero-order valence-corrected chi connectivity index (χ0v) is 62.0. The summed E-state index contributed by atoms with van der Waals surface area (Å²) in [6, 6.07) is 152. The number of nitrogens with zero attached hydrogens (tertiary/aromatic N) is 4. The molecule has 114 heavy (non-hydrogen) atoms. The smallest absolute Gasteiger partial charge is 0.0619 e. The second-order valence-corrected chi connectivity index (χ2v) is 30.5. The molecular formula is C110H68N4. The highest BCUT2D eigenvalue weighted by atomic mass is 15.0. The van der Waals surface area contributed by atoms with Crippen molar-refractivity contribution in [3.63, 3.8) is 0 Å². The molecular weight excluding hydrogens is 1380 g/mol. The van der Waals surface area contributed by atoms with Crippen molar-refractivity contribution >= 4 is 173 Å². The van der Waals surface area contributed by atoms with Crippen molar-refractivity contribution in [2.75, 3.05) is 0 Å². The zero-order valence-electron chi connectivity index (χ0n) is 62.0. The maximum Gasteiger partial charge on any atom is 0.0619 e. The van der Waals surface area contributed by atoms with E-state index in [-0.39, 0.29) is 0 Å². The van der Waals surface area contributed by atoms with Crippen LogP contribution < -0.4 is 0 Å². The van der Waals surface area contributed by atoms with E-state index in [2.05, 4.69) is 431 Å². The molecule has 4 heterocycles. The summed E-state index contributed by atoms with van der Waals surface area (Å²) in [4.78, 5) is 0. The van der Waals surface area contributed by atoms with Crippen LogP contribution >= 0.6 is 0 Å². The number of para-hydroxylation sites is 4. The van der Waals surface area contributed by atoms with Crippen molar-refractivity contribution in [1.29, 1.82) is 0 Å². The Labute approximate surface area is 655 Å². The van der Waals surface area contributed by atoms with Gasteiger partial charge in [0.1, 0.15) is 0 Å². The number of fused-ring (bicyclic) bond motifs is 23. The first-order chi connectivity index (χ1) is 56.6. The van der Waals surface area contributed by atoms with Gasteiger partial charge in [0, 0.05) is 70.0 Å². The maximum atomic E-state index is 2.51. The van der Waals surface area contributed by atoms with Crippen LogP contribution in [0.3, 0.4) is 0 Å². The third-order valence-electron chi connectivity index (χ3n) is 24.5. The summed E-state index contributed by atoms with van der Waals surface area (Å²) in [6.07, 6.45) is 0. The fraction of sp³-hybridized carbons (Fsp3) is 0. The van der Waals surface area contributed by atoms with Gasteiger partial charge in [-0.2, -0.15) is 0 Å². The van der Waals surface area contributed by atoms with E-state index in [9.17, 15) is 0 Å². The summed E-state index contributed by atoms with van der Waals surface area (Å²) in [6.45, 7) is 0. The fourth-order valence-electron chi connectivity index (χ4n) is 19.6. The molecule has 0 amide bonds. The predicted octanol–water partition coefficient (Wildman–Crippen LogP) is 30.0. The third-order valence-corrected chi connectivity index (χ3v) is 24.5. The Morgan fingerprint density at radius 2 is 0.351 bits per heavy atom. The number of aromatic nitrogens is 4. The molecule has 0 aliphatic carbocycles. The van der Waals surface area contributed by atoms with E-state index in [1.807, 2.05) is 0 Å². The number of rotatable bonds is 7. The molecule has 0 aliphatic rings. The van der Waals surface area contributed by atoms with Gasteiger partial charge in [-0.15, -0.1) is 0 Å². The minimum Gasteiger partial charge on any atom is -0.309 e. The van der Waals surface area contributed by atoms with Crippen LogP contribution in [0.25, 0.3) is 230 Å². The molecule has 4 heteroatoms. The summed E-state index contributed by atoms with van der Waals surface area (Å²) < 4.78 is 9.91. The molecule has 25 rings (SSSR count). The highest BCUT2D eigenvalue weighted by Gasteiger charge is 2.25. The second kappa shape index (κ2) is 25.2. The molecule has 0 radical (unpaired) electrons. The van der Waals surface area contributed by atoms with E-state index in [0.29, 0.717) is 0 Å². The summed E-state index contributed by atoms with van der Waals surface area (Å²) >= 11 is 0. The van der Waals surface area contributed by atoms with Crippen molar-refractivity contribution in [1.82, 2.24) is 18.3 Å². The Hall–Kier alpha value is -15.1. The summed E-state index contributed by atoms with van der Waals surface area (Å²) in [5.41, 5.74) is 21.8. The van der Waals surface area contributed by atoms with E-state index >= 15 is 0 Å². The summed E-state index contributed by atoms with van der Waals surface area (Å²) in [7, 11) is 0. The molecule has 0 spiro atoms. The Balaban J connectivity index is 0.000000132. The van der Waals surface area contributed by atoms with E-state index in [1.165, 1.54) is 230 Å². The first kappa shape index (κ1) is 63.8. The topological polar surface area (TPSA) is 19.7 Å². The first-order valence-corrected chi connectivity index (χ1v) is 39.5. The predicted molar refractivity (Wildman–Crippen MR) is 487 cm³/mol. The molecule has 0 bridgehead atoms. The minimum absolute atomic E-state index is 1.20. The van der Waals surface area contributed by atoms with Gasteiger partial charge in [0.05, 0.1) is 66.9 Å².